The van der Waals surface area contributed by atoms with Crippen LogP contribution in [0.1, 0.15) is 45.6 Å². The Balaban J connectivity index is 1.57. The van der Waals surface area contributed by atoms with Crippen LogP contribution >= 0.6 is 0 Å². The summed E-state index contributed by atoms with van der Waals surface area (Å²) in [5, 5.41) is 9.58. The molecule has 2 saturated heterocycles. The summed E-state index contributed by atoms with van der Waals surface area (Å²) in [4.78, 5) is 47.8. The normalized spacial score (nSPS) is 33.2. The third-order valence-corrected chi connectivity index (χ3v) is 8.68. The van der Waals surface area contributed by atoms with Crippen LogP contribution in [0.4, 0.5) is 0 Å². The molecule has 5 rings (SSSR count). The molecule has 204 valence electrons. The summed E-state index contributed by atoms with van der Waals surface area (Å²) in [6.45, 7) is 7.42. The molecule has 4 aliphatic heterocycles. The van der Waals surface area contributed by atoms with Gasteiger partial charge in [0.05, 0.1) is 17.4 Å². The molecule has 1 spiro atoms. The van der Waals surface area contributed by atoms with Crippen LogP contribution in [-0.2, 0) is 25.7 Å². The van der Waals surface area contributed by atoms with Gasteiger partial charge in [0.1, 0.15) is 11.6 Å². The molecule has 3 amide bonds. The highest BCUT2D eigenvalue weighted by atomic mass is 16.5. The zero-order valence-corrected chi connectivity index (χ0v) is 22.6. The molecule has 8 nitrogen and oxygen atoms in total. The van der Waals surface area contributed by atoms with E-state index < -0.39 is 29.1 Å². The predicted molar refractivity (Wildman–Crippen MR) is 143 cm³/mol. The maximum atomic E-state index is 14.2. The second kappa shape index (κ2) is 10.3. The first kappa shape index (κ1) is 26.6. The Labute approximate surface area is 224 Å². The Hall–Kier alpha value is -2.97. The predicted octanol–water partition coefficient (Wildman–Crippen LogP) is 2.53. The molecule has 0 aliphatic carbocycles. The van der Waals surface area contributed by atoms with Gasteiger partial charge in [-0.2, -0.15) is 0 Å². The number of ether oxygens (including phenoxy) is 1. The van der Waals surface area contributed by atoms with Crippen LogP contribution in [0.2, 0.25) is 0 Å². The van der Waals surface area contributed by atoms with E-state index >= 15 is 0 Å². The maximum absolute atomic E-state index is 14.2. The molecular formula is C30H39N3O5. The summed E-state index contributed by atoms with van der Waals surface area (Å²) in [6.07, 6.45) is 9.82. The Morgan fingerprint density at radius 3 is 2.47 bits per heavy atom. The van der Waals surface area contributed by atoms with Crippen molar-refractivity contribution < 1.29 is 24.2 Å². The van der Waals surface area contributed by atoms with E-state index in [1.165, 1.54) is 0 Å². The van der Waals surface area contributed by atoms with Gasteiger partial charge in [0, 0.05) is 38.8 Å². The Kier molecular flexibility index (Phi) is 7.22. The second-order valence-electron chi connectivity index (χ2n) is 11.2. The molecule has 1 aromatic carbocycles. The van der Waals surface area contributed by atoms with Crippen LogP contribution in [0.3, 0.4) is 0 Å². The van der Waals surface area contributed by atoms with Gasteiger partial charge in [0.25, 0.3) is 0 Å². The zero-order chi connectivity index (χ0) is 27.1. The number of aliphatic hydroxyl groups excluding tert-OH is 1. The molecule has 0 radical (unpaired) electrons. The van der Waals surface area contributed by atoms with Crippen LogP contribution in [0, 0.1) is 11.8 Å². The van der Waals surface area contributed by atoms with Crippen molar-refractivity contribution in [3.8, 4) is 0 Å². The van der Waals surface area contributed by atoms with E-state index in [-0.39, 0.29) is 36.9 Å². The minimum Gasteiger partial charge on any atom is -0.396 e. The van der Waals surface area contributed by atoms with Gasteiger partial charge in [-0.25, -0.2) is 0 Å². The number of hydrogen-bond acceptors (Lipinski definition) is 5. The molecule has 1 N–H and O–H groups in total. The van der Waals surface area contributed by atoms with E-state index in [1.54, 1.807) is 9.80 Å². The average Bonchev–Trinajstić information content (AvgIpc) is 3.16. The fraction of sp³-hybridized carbons (Fsp3) is 0.567. The van der Waals surface area contributed by atoms with Crippen LogP contribution in [0.5, 0.6) is 0 Å². The van der Waals surface area contributed by atoms with Crippen molar-refractivity contribution in [1.82, 2.24) is 14.7 Å². The van der Waals surface area contributed by atoms with Crippen LogP contribution in [-0.4, -0.2) is 87.1 Å². The minimum absolute atomic E-state index is 0.00602. The Morgan fingerprint density at radius 1 is 1.03 bits per heavy atom. The van der Waals surface area contributed by atoms with E-state index in [2.05, 4.69) is 6.92 Å². The summed E-state index contributed by atoms with van der Waals surface area (Å²) in [6, 6.07) is 8.94. The Bertz CT molecular complexity index is 1140. The topological polar surface area (TPSA) is 90.4 Å². The van der Waals surface area contributed by atoms with Gasteiger partial charge in [-0.3, -0.25) is 14.4 Å². The van der Waals surface area contributed by atoms with E-state index in [4.69, 9.17) is 4.74 Å². The number of hydrogen-bond donors (Lipinski definition) is 1. The number of carbonyl (C=O) groups excluding carboxylic acids is 3. The first-order chi connectivity index (χ1) is 18.3. The molecule has 4 aliphatic rings. The van der Waals surface area contributed by atoms with Crippen molar-refractivity contribution in [2.75, 3.05) is 26.2 Å². The lowest BCUT2D eigenvalue weighted by molar-refractivity contribution is -0.154. The van der Waals surface area contributed by atoms with E-state index in [9.17, 15) is 19.5 Å². The van der Waals surface area contributed by atoms with Gasteiger partial charge < -0.3 is 24.5 Å². The molecule has 4 heterocycles. The number of nitrogens with zero attached hydrogens (tertiary/aromatic N) is 3. The van der Waals surface area contributed by atoms with E-state index in [0.29, 0.717) is 26.1 Å². The summed E-state index contributed by atoms with van der Waals surface area (Å²) >= 11 is 0. The van der Waals surface area contributed by atoms with Crippen molar-refractivity contribution in [1.29, 1.82) is 0 Å². The molecule has 0 saturated carbocycles. The number of benzene rings is 1. The summed E-state index contributed by atoms with van der Waals surface area (Å²) in [5.41, 5.74) is -1.27. The third kappa shape index (κ3) is 4.18. The van der Waals surface area contributed by atoms with Gasteiger partial charge in [0.2, 0.25) is 17.7 Å². The molecule has 38 heavy (non-hydrogen) atoms. The highest BCUT2D eigenvalue weighted by molar-refractivity contribution is 6.00. The second-order valence-corrected chi connectivity index (χ2v) is 11.2. The zero-order valence-electron chi connectivity index (χ0n) is 22.6. The summed E-state index contributed by atoms with van der Waals surface area (Å²) in [5.74, 6) is -2.13. The molecule has 2 unspecified atom stereocenters. The molecule has 2 fully saturated rings. The maximum Gasteiger partial charge on any atom is 0.249 e. The van der Waals surface area contributed by atoms with Gasteiger partial charge in [0.15, 0.2) is 0 Å². The van der Waals surface area contributed by atoms with Gasteiger partial charge >= 0.3 is 0 Å². The van der Waals surface area contributed by atoms with Crippen molar-refractivity contribution in [2.45, 2.75) is 69.9 Å². The van der Waals surface area contributed by atoms with Crippen molar-refractivity contribution in [2.24, 2.45) is 11.8 Å². The summed E-state index contributed by atoms with van der Waals surface area (Å²) < 4.78 is 6.84. The quantitative estimate of drug-likeness (QED) is 0.531. The molecule has 1 aromatic rings. The number of fused-ring (bicyclic) bond motifs is 2. The fourth-order valence-corrected chi connectivity index (χ4v) is 6.99. The highest BCUT2D eigenvalue weighted by Gasteiger charge is 2.74. The summed E-state index contributed by atoms with van der Waals surface area (Å²) in [7, 11) is 0. The first-order valence-corrected chi connectivity index (χ1v) is 13.9. The number of carbonyl (C=O) groups is 3. The average molecular weight is 522 g/mol. The monoisotopic (exact) mass is 521 g/mol. The number of amides is 3. The molecule has 0 bridgehead atoms. The fourth-order valence-electron chi connectivity index (χ4n) is 6.99. The van der Waals surface area contributed by atoms with E-state index in [1.807, 2.05) is 73.4 Å². The minimum atomic E-state index is -1.25. The van der Waals surface area contributed by atoms with Gasteiger partial charge in [-0.1, -0.05) is 68.0 Å². The van der Waals surface area contributed by atoms with Crippen LogP contribution in [0.25, 0.3) is 0 Å². The first-order valence-electron chi connectivity index (χ1n) is 13.9. The van der Waals surface area contributed by atoms with Gasteiger partial charge in [-0.15, -0.1) is 0 Å². The number of rotatable bonds is 8. The highest BCUT2D eigenvalue weighted by Crippen LogP contribution is 2.57. The molecule has 0 aromatic heterocycles. The number of aliphatic hydroxyl groups is 1. The molecule has 8 heteroatoms. The van der Waals surface area contributed by atoms with E-state index in [0.717, 1.165) is 18.4 Å². The molecular weight excluding hydrogens is 482 g/mol. The largest absolute Gasteiger partial charge is 0.396 e. The van der Waals surface area contributed by atoms with Crippen molar-refractivity contribution in [3.63, 3.8) is 0 Å². The van der Waals surface area contributed by atoms with Crippen LogP contribution < -0.4 is 0 Å². The standard InChI is InChI=1S/C30H39N3O5/c1-4-11-21(2)32-17-9-15-30-24(27(36)33(18-10-19-34)25(30)28(32)37)23-26(35)31(16-8-14-29(23,3)38-30)20-22-12-6-5-7-13-22/h5-9,12-15,21,23-25,34H,4,10-11,16-20H2,1-3H3/t21?,23-,24-,25?,29+,30-/m0/s1. The Morgan fingerprint density at radius 2 is 1.76 bits per heavy atom. The molecule has 6 atom stereocenters. The third-order valence-electron chi connectivity index (χ3n) is 8.68. The number of likely N-dealkylation sites (tertiary alicyclic amines) is 1. The van der Waals surface area contributed by atoms with Crippen LogP contribution in [0.15, 0.2) is 54.6 Å². The SMILES string of the molecule is CCCC(C)N1CC=C[C@]23O[C@]4(C)C=CCN(Cc5ccccc5)C(=O)[C@@H]4[C@H]2C(=O)N(CCCO)C3C1=O. The van der Waals surface area contributed by atoms with Crippen molar-refractivity contribution in [3.05, 3.63) is 60.2 Å². The lowest BCUT2D eigenvalue weighted by Gasteiger charge is -2.38. The smallest absolute Gasteiger partial charge is 0.249 e. The van der Waals surface area contributed by atoms with Crippen molar-refractivity contribution >= 4 is 17.7 Å². The van der Waals surface area contributed by atoms with Gasteiger partial charge in [-0.05, 0) is 32.3 Å². The lowest BCUT2D eigenvalue weighted by atomic mass is 9.74. The lowest BCUT2D eigenvalue weighted by Crippen LogP contribution is -2.57.